The zero-order chi connectivity index (χ0) is 14.5. The first-order valence-electron chi connectivity index (χ1n) is 5.98. The molecule has 100 valence electrons. The molecule has 0 saturated heterocycles. The number of nitrogens with zero attached hydrogens (tertiary/aromatic N) is 1. The van der Waals surface area contributed by atoms with Gasteiger partial charge >= 0.3 is 5.97 Å². The van der Waals surface area contributed by atoms with Gasteiger partial charge in [0.2, 0.25) is 0 Å². The molecule has 0 saturated carbocycles. The molecular weight excluding hydrogens is 318 g/mol. The predicted octanol–water partition coefficient (Wildman–Crippen LogP) is 3.83. The molecule has 0 N–H and O–H groups in total. The molecule has 0 bridgehead atoms. The maximum Gasteiger partial charge on any atom is 0.337 e. The van der Waals surface area contributed by atoms with Crippen molar-refractivity contribution in [2.75, 3.05) is 7.11 Å². The number of carbonyl (C=O) groups is 1. The van der Waals surface area contributed by atoms with Crippen molar-refractivity contribution in [2.24, 2.45) is 0 Å². The number of methoxy groups -OCH3 is 1. The van der Waals surface area contributed by atoms with E-state index in [-0.39, 0.29) is 10.8 Å². The summed E-state index contributed by atoms with van der Waals surface area (Å²) < 4.78 is 4.67. The van der Waals surface area contributed by atoms with Crippen LogP contribution in [-0.2, 0) is 4.74 Å². The number of carbonyl (C=O) groups excluding carboxylic acids is 1. The topological polar surface area (TPSA) is 50.1 Å². The van der Waals surface area contributed by atoms with Crippen molar-refractivity contribution < 1.29 is 9.53 Å². The van der Waals surface area contributed by atoms with E-state index in [4.69, 9.17) is 5.26 Å². The molecule has 3 nitrogen and oxygen atoms in total. The van der Waals surface area contributed by atoms with Gasteiger partial charge in [-0.1, -0.05) is 40.2 Å². The van der Waals surface area contributed by atoms with E-state index >= 15 is 0 Å². The minimum absolute atomic E-state index is 0.0157. The number of ether oxygens (including phenoxy) is 1. The van der Waals surface area contributed by atoms with Crippen LogP contribution in [0.2, 0.25) is 0 Å². The SMILES string of the molecule is COC(=O)c1ccc([C@H](Br)c2ccc(C#N)cc2)cc1. The lowest BCUT2D eigenvalue weighted by Gasteiger charge is -2.11. The quantitative estimate of drug-likeness (QED) is 0.635. The number of nitriles is 1. The molecule has 0 aromatic heterocycles. The molecule has 0 aliphatic carbocycles. The summed E-state index contributed by atoms with van der Waals surface area (Å²) in [4.78, 5) is 11.4. The van der Waals surface area contributed by atoms with Crippen LogP contribution < -0.4 is 0 Å². The Kier molecular flexibility index (Phi) is 4.54. The first-order valence-corrected chi connectivity index (χ1v) is 6.89. The van der Waals surface area contributed by atoms with Crippen molar-refractivity contribution in [2.45, 2.75) is 4.83 Å². The van der Waals surface area contributed by atoms with Crippen LogP contribution in [0, 0.1) is 11.3 Å². The normalized spacial score (nSPS) is 11.4. The van der Waals surface area contributed by atoms with Gasteiger partial charge in [-0.15, -0.1) is 0 Å². The van der Waals surface area contributed by atoms with E-state index in [2.05, 4.69) is 26.7 Å². The van der Waals surface area contributed by atoms with Crippen LogP contribution in [0.1, 0.15) is 31.9 Å². The second kappa shape index (κ2) is 6.36. The van der Waals surface area contributed by atoms with Crippen molar-refractivity contribution in [1.29, 1.82) is 5.26 Å². The second-order valence-corrected chi connectivity index (χ2v) is 5.13. The Hall–Kier alpha value is -2.12. The van der Waals surface area contributed by atoms with Gasteiger partial charge in [0, 0.05) is 0 Å². The summed E-state index contributed by atoms with van der Waals surface area (Å²) in [6.45, 7) is 0. The Balaban J connectivity index is 2.22. The molecule has 0 aliphatic rings. The second-order valence-electron chi connectivity index (χ2n) is 4.21. The van der Waals surface area contributed by atoms with Crippen LogP contribution in [0.4, 0.5) is 0 Å². The minimum atomic E-state index is -0.346. The Labute approximate surface area is 125 Å². The highest BCUT2D eigenvalue weighted by Gasteiger charge is 2.11. The van der Waals surface area contributed by atoms with E-state index in [9.17, 15) is 4.79 Å². The fourth-order valence-electron chi connectivity index (χ4n) is 1.83. The number of benzene rings is 2. The summed E-state index contributed by atoms with van der Waals surface area (Å²) in [6, 6.07) is 16.7. The Morgan fingerprint density at radius 2 is 1.60 bits per heavy atom. The molecule has 0 radical (unpaired) electrons. The number of hydrogen-bond acceptors (Lipinski definition) is 3. The fraction of sp³-hybridized carbons (Fsp3) is 0.125. The highest BCUT2D eigenvalue weighted by atomic mass is 79.9. The van der Waals surface area contributed by atoms with Crippen LogP contribution in [0.5, 0.6) is 0 Å². The van der Waals surface area contributed by atoms with Crippen molar-refractivity contribution in [3.63, 3.8) is 0 Å². The molecule has 2 aromatic carbocycles. The van der Waals surface area contributed by atoms with E-state index in [1.54, 1.807) is 24.3 Å². The summed E-state index contributed by atoms with van der Waals surface area (Å²) in [5.74, 6) is -0.346. The third-order valence-electron chi connectivity index (χ3n) is 2.96. The van der Waals surface area contributed by atoms with Gasteiger partial charge in [-0.3, -0.25) is 0 Å². The molecule has 0 aliphatic heterocycles. The summed E-state index contributed by atoms with van der Waals surface area (Å²) in [7, 11) is 1.36. The van der Waals surface area contributed by atoms with Crippen LogP contribution in [0.15, 0.2) is 48.5 Å². The van der Waals surface area contributed by atoms with Crippen LogP contribution >= 0.6 is 15.9 Å². The number of halogens is 1. The monoisotopic (exact) mass is 329 g/mol. The van der Waals surface area contributed by atoms with E-state index in [0.29, 0.717) is 11.1 Å². The molecule has 0 fully saturated rings. The smallest absolute Gasteiger partial charge is 0.337 e. The molecule has 2 rings (SSSR count). The molecule has 20 heavy (non-hydrogen) atoms. The van der Waals surface area contributed by atoms with Crippen LogP contribution in [0.3, 0.4) is 0 Å². The summed E-state index contributed by atoms with van der Waals surface area (Å²) in [6.07, 6.45) is 0. The maximum absolute atomic E-state index is 11.4. The molecule has 0 heterocycles. The summed E-state index contributed by atoms with van der Waals surface area (Å²) in [5, 5.41) is 8.78. The van der Waals surface area contributed by atoms with Crippen molar-refractivity contribution in [3.05, 3.63) is 70.8 Å². The van der Waals surface area contributed by atoms with Gasteiger partial charge in [-0.25, -0.2) is 4.79 Å². The fourth-order valence-corrected chi connectivity index (χ4v) is 2.44. The Morgan fingerprint density at radius 1 is 1.10 bits per heavy atom. The standard InChI is InChI=1S/C16H12BrNO2/c1-20-16(19)14-8-6-13(7-9-14)15(17)12-4-2-11(10-18)3-5-12/h2-9,15H,1H3/t15-/m1/s1. The molecule has 0 amide bonds. The van der Waals surface area contributed by atoms with E-state index in [1.807, 2.05) is 24.3 Å². The van der Waals surface area contributed by atoms with Crippen LogP contribution in [0.25, 0.3) is 0 Å². The molecule has 0 unspecified atom stereocenters. The van der Waals surface area contributed by atoms with Gasteiger partial charge in [0.1, 0.15) is 0 Å². The molecule has 2 aromatic rings. The lowest BCUT2D eigenvalue weighted by atomic mass is 10.0. The first kappa shape index (κ1) is 14.3. The zero-order valence-electron chi connectivity index (χ0n) is 10.8. The third-order valence-corrected chi connectivity index (χ3v) is 4.01. The largest absolute Gasteiger partial charge is 0.465 e. The average Bonchev–Trinajstić information content (AvgIpc) is 2.53. The highest BCUT2D eigenvalue weighted by Crippen LogP contribution is 2.30. The van der Waals surface area contributed by atoms with Crippen LogP contribution in [-0.4, -0.2) is 13.1 Å². The first-order chi connectivity index (χ1) is 9.65. The van der Waals surface area contributed by atoms with Gasteiger partial charge in [0.05, 0.1) is 29.1 Å². The van der Waals surface area contributed by atoms with E-state index in [1.165, 1.54) is 7.11 Å². The minimum Gasteiger partial charge on any atom is -0.465 e. The summed E-state index contributed by atoms with van der Waals surface area (Å²) >= 11 is 3.62. The summed E-state index contributed by atoms with van der Waals surface area (Å²) in [5.41, 5.74) is 3.24. The van der Waals surface area contributed by atoms with Crippen molar-refractivity contribution in [1.82, 2.24) is 0 Å². The van der Waals surface area contributed by atoms with Gasteiger partial charge in [0.15, 0.2) is 0 Å². The Bertz CT molecular complexity index is 642. The van der Waals surface area contributed by atoms with Gasteiger partial charge < -0.3 is 4.74 Å². The predicted molar refractivity (Wildman–Crippen MR) is 79.7 cm³/mol. The van der Waals surface area contributed by atoms with Crippen molar-refractivity contribution >= 4 is 21.9 Å². The maximum atomic E-state index is 11.4. The van der Waals surface area contributed by atoms with E-state index in [0.717, 1.165) is 11.1 Å². The number of alkyl halides is 1. The lowest BCUT2D eigenvalue weighted by molar-refractivity contribution is 0.0600. The number of hydrogen-bond donors (Lipinski definition) is 0. The molecule has 0 spiro atoms. The average molecular weight is 330 g/mol. The molecule has 4 heteroatoms. The molecular formula is C16H12BrNO2. The van der Waals surface area contributed by atoms with Gasteiger partial charge in [-0.2, -0.15) is 5.26 Å². The highest BCUT2D eigenvalue weighted by molar-refractivity contribution is 9.09. The van der Waals surface area contributed by atoms with Gasteiger partial charge in [0.25, 0.3) is 0 Å². The van der Waals surface area contributed by atoms with Gasteiger partial charge in [-0.05, 0) is 35.4 Å². The van der Waals surface area contributed by atoms with E-state index < -0.39 is 0 Å². The lowest BCUT2D eigenvalue weighted by Crippen LogP contribution is -2.01. The Morgan fingerprint density at radius 3 is 2.05 bits per heavy atom. The van der Waals surface area contributed by atoms with Crippen molar-refractivity contribution in [3.8, 4) is 6.07 Å². The third kappa shape index (κ3) is 3.06. The number of esters is 1. The zero-order valence-corrected chi connectivity index (χ0v) is 12.4. The number of rotatable bonds is 3. The molecule has 1 atom stereocenters.